The van der Waals surface area contributed by atoms with Crippen molar-refractivity contribution in [3.63, 3.8) is 0 Å². The van der Waals surface area contributed by atoms with Gasteiger partial charge in [0.05, 0.1) is 4.92 Å². The fraction of sp³-hybridized carbons (Fsp3) is 0.615. The van der Waals surface area contributed by atoms with E-state index in [9.17, 15) is 10.1 Å². The summed E-state index contributed by atoms with van der Waals surface area (Å²) in [4.78, 5) is 16.9. The number of nitro groups is 1. The molecule has 0 aromatic carbocycles. The minimum absolute atomic E-state index is 0.0183. The molecule has 1 aromatic rings. The van der Waals surface area contributed by atoms with Gasteiger partial charge in [-0.3, -0.25) is 10.1 Å². The zero-order valence-corrected chi connectivity index (χ0v) is 11.9. The van der Waals surface area contributed by atoms with Gasteiger partial charge in [-0.05, 0) is 24.8 Å². The van der Waals surface area contributed by atoms with E-state index in [-0.39, 0.29) is 11.7 Å². The van der Waals surface area contributed by atoms with E-state index in [1.165, 1.54) is 18.6 Å². The zero-order chi connectivity index (χ0) is 14.7. The van der Waals surface area contributed by atoms with Gasteiger partial charge in [0.2, 0.25) is 5.82 Å². The molecule has 110 valence electrons. The van der Waals surface area contributed by atoms with Crippen molar-refractivity contribution in [2.45, 2.75) is 38.6 Å². The summed E-state index contributed by atoms with van der Waals surface area (Å²) in [5.41, 5.74) is 2.46. The number of pyridine rings is 1. The molecule has 0 bridgehead atoms. The number of anilines is 2. The van der Waals surface area contributed by atoms with Gasteiger partial charge in [-0.15, -0.1) is 0 Å². The second-order valence-corrected chi connectivity index (χ2v) is 5.48. The fourth-order valence-electron chi connectivity index (χ4n) is 2.85. The maximum atomic E-state index is 11.2. The normalized spacial score (nSPS) is 22.4. The molecular formula is C13H21N5O2. The van der Waals surface area contributed by atoms with Crippen molar-refractivity contribution >= 4 is 17.3 Å². The topological polar surface area (TPSA) is 97.3 Å². The van der Waals surface area contributed by atoms with E-state index in [1.807, 2.05) is 11.9 Å². The highest BCUT2D eigenvalue weighted by Gasteiger charge is 2.28. The minimum Gasteiger partial charge on any atom is -0.351 e. The van der Waals surface area contributed by atoms with Gasteiger partial charge in [-0.25, -0.2) is 10.8 Å². The summed E-state index contributed by atoms with van der Waals surface area (Å²) in [5, 5.41) is 11.2. The van der Waals surface area contributed by atoms with E-state index < -0.39 is 4.92 Å². The van der Waals surface area contributed by atoms with Gasteiger partial charge in [0.1, 0.15) is 5.82 Å². The van der Waals surface area contributed by atoms with Crippen molar-refractivity contribution in [1.29, 1.82) is 0 Å². The third kappa shape index (κ3) is 2.98. The number of nitrogen functional groups attached to an aromatic ring is 1. The average Bonchev–Trinajstić information content (AvgIpc) is 2.45. The van der Waals surface area contributed by atoms with Crippen molar-refractivity contribution in [2.75, 3.05) is 17.4 Å². The molecule has 0 saturated heterocycles. The third-order valence-electron chi connectivity index (χ3n) is 3.99. The maximum Gasteiger partial charge on any atom is 0.311 e. The van der Waals surface area contributed by atoms with E-state index in [0.29, 0.717) is 17.6 Å². The Hall–Kier alpha value is -1.89. The van der Waals surface area contributed by atoms with Gasteiger partial charge in [0, 0.05) is 19.2 Å². The van der Waals surface area contributed by atoms with Crippen LogP contribution in [-0.4, -0.2) is 23.0 Å². The molecule has 1 aliphatic rings. The highest BCUT2D eigenvalue weighted by molar-refractivity contribution is 5.61. The van der Waals surface area contributed by atoms with Crippen LogP contribution in [0.15, 0.2) is 12.1 Å². The summed E-state index contributed by atoms with van der Waals surface area (Å²) in [6, 6.07) is 3.25. The fourth-order valence-corrected chi connectivity index (χ4v) is 2.85. The van der Waals surface area contributed by atoms with E-state index in [2.05, 4.69) is 17.3 Å². The Morgan fingerprint density at radius 1 is 1.50 bits per heavy atom. The summed E-state index contributed by atoms with van der Waals surface area (Å²) >= 11 is 0. The van der Waals surface area contributed by atoms with Crippen molar-refractivity contribution in [3.05, 3.63) is 22.2 Å². The smallest absolute Gasteiger partial charge is 0.311 e. The Morgan fingerprint density at radius 3 is 2.85 bits per heavy atom. The number of nitrogens with one attached hydrogen (secondary N) is 1. The van der Waals surface area contributed by atoms with E-state index in [0.717, 1.165) is 19.3 Å². The van der Waals surface area contributed by atoms with Crippen LogP contribution >= 0.6 is 0 Å². The molecule has 1 fully saturated rings. The van der Waals surface area contributed by atoms with Gasteiger partial charge < -0.3 is 10.3 Å². The molecule has 3 N–H and O–H groups in total. The molecule has 1 aliphatic carbocycles. The second-order valence-electron chi connectivity index (χ2n) is 5.48. The van der Waals surface area contributed by atoms with Gasteiger partial charge in [-0.1, -0.05) is 19.8 Å². The van der Waals surface area contributed by atoms with Crippen LogP contribution in [0.4, 0.5) is 17.3 Å². The number of hydrazine groups is 1. The maximum absolute atomic E-state index is 11.2. The molecule has 20 heavy (non-hydrogen) atoms. The van der Waals surface area contributed by atoms with Crippen LogP contribution in [0.2, 0.25) is 0 Å². The molecule has 1 aromatic heterocycles. The van der Waals surface area contributed by atoms with Crippen molar-refractivity contribution in [2.24, 2.45) is 11.8 Å². The lowest BCUT2D eigenvalue weighted by Crippen LogP contribution is -2.36. The Kier molecular flexibility index (Phi) is 4.39. The number of nitrogens with zero attached hydrogens (tertiary/aromatic N) is 3. The molecular weight excluding hydrogens is 258 g/mol. The summed E-state index contributed by atoms with van der Waals surface area (Å²) in [7, 11) is 1.87. The number of hydrogen-bond acceptors (Lipinski definition) is 6. The predicted octanol–water partition coefficient (Wildman–Crippen LogP) is 2.29. The van der Waals surface area contributed by atoms with Gasteiger partial charge in [0.15, 0.2) is 0 Å². The van der Waals surface area contributed by atoms with Crippen molar-refractivity contribution in [1.82, 2.24) is 4.98 Å². The zero-order valence-electron chi connectivity index (χ0n) is 11.9. The second kappa shape index (κ2) is 6.04. The number of aromatic nitrogens is 1. The molecule has 0 amide bonds. The Balaban J connectivity index is 2.31. The SMILES string of the molecule is CC1CCCC(N(C)c2nc(NN)ccc2[N+](=O)[O-])C1. The molecule has 0 spiro atoms. The lowest BCUT2D eigenvalue weighted by Gasteiger charge is -2.34. The molecule has 2 rings (SSSR count). The number of rotatable bonds is 4. The lowest BCUT2D eigenvalue weighted by atomic mass is 9.86. The van der Waals surface area contributed by atoms with Gasteiger partial charge in [-0.2, -0.15) is 0 Å². The number of hydrogen-bond donors (Lipinski definition) is 2. The monoisotopic (exact) mass is 279 g/mol. The first-order valence-corrected chi connectivity index (χ1v) is 6.87. The van der Waals surface area contributed by atoms with Crippen LogP contribution in [0.5, 0.6) is 0 Å². The largest absolute Gasteiger partial charge is 0.351 e. The first-order chi connectivity index (χ1) is 9.52. The Labute approximate surface area is 118 Å². The summed E-state index contributed by atoms with van der Waals surface area (Å²) in [5.74, 6) is 6.80. The molecule has 2 unspecified atom stereocenters. The van der Waals surface area contributed by atoms with Crippen LogP contribution in [0.3, 0.4) is 0 Å². The van der Waals surface area contributed by atoms with Crippen LogP contribution in [-0.2, 0) is 0 Å². The minimum atomic E-state index is -0.397. The molecule has 0 radical (unpaired) electrons. The third-order valence-corrected chi connectivity index (χ3v) is 3.99. The standard InChI is InChI=1S/C13H21N5O2/c1-9-4-3-5-10(8-9)17(2)13-11(18(19)20)6-7-12(15-13)16-14/h6-7,9-10H,3-5,8,14H2,1-2H3,(H,15,16). The van der Waals surface area contributed by atoms with Crippen molar-refractivity contribution in [3.8, 4) is 0 Å². The Morgan fingerprint density at radius 2 is 2.25 bits per heavy atom. The molecule has 1 saturated carbocycles. The highest BCUT2D eigenvalue weighted by atomic mass is 16.6. The number of nitrogens with two attached hydrogens (primary N) is 1. The molecule has 2 atom stereocenters. The highest BCUT2D eigenvalue weighted by Crippen LogP contribution is 2.33. The first kappa shape index (κ1) is 14.5. The first-order valence-electron chi connectivity index (χ1n) is 6.87. The average molecular weight is 279 g/mol. The van der Waals surface area contributed by atoms with Crippen LogP contribution in [0, 0.1) is 16.0 Å². The molecule has 7 nitrogen and oxygen atoms in total. The summed E-state index contributed by atoms with van der Waals surface area (Å²) in [6.45, 7) is 2.22. The summed E-state index contributed by atoms with van der Waals surface area (Å²) < 4.78 is 0. The van der Waals surface area contributed by atoms with Gasteiger partial charge in [0.25, 0.3) is 0 Å². The Bertz CT molecular complexity index is 494. The van der Waals surface area contributed by atoms with Crippen LogP contribution in [0.1, 0.15) is 32.6 Å². The molecule has 1 heterocycles. The van der Waals surface area contributed by atoms with Crippen LogP contribution in [0.25, 0.3) is 0 Å². The van der Waals surface area contributed by atoms with Crippen LogP contribution < -0.4 is 16.2 Å². The van der Waals surface area contributed by atoms with E-state index in [1.54, 1.807) is 0 Å². The van der Waals surface area contributed by atoms with E-state index >= 15 is 0 Å². The van der Waals surface area contributed by atoms with Gasteiger partial charge >= 0.3 is 5.69 Å². The van der Waals surface area contributed by atoms with Crippen molar-refractivity contribution < 1.29 is 4.92 Å². The quantitative estimate of drug-likeness (QED) is 0.498. The predicted molar refractivity (Wildman–Crippen MR) is 78.5 cm³/mol. The molecule has 7 heteroatoms. The lowest BCUT2D eigenvalue weighted by molar-refractivity contribution is -0.384. The molecule has 0 aliphatic heterocycles. The summed E-state index contributed by atoms with van der Waals surface area (Å²) in [6.07, 6.45) is 4.46. The van der Waals surface area contributed by atoms with E-state index in [4.69, 9.17) is 5.84 Å².